The summed E-state index contributed by atoms with van der Waals surface area (Å²) in [5.74, 6) is 0.839. The molecule has 0 saturated carbocycles. The molecule has 2 heterocycles. The van der Waals surface area contributed by atoms with Gasteiger partial charge in [-0.25, -0.2) is 4.79 Å². The van der Waals surface area contributed by atoms with Crippen LogP contribution in [-0.4, -0.2) is 29.6 Å². The van der Waals surface area contributed by atoms with Gasteiger partial charge in [0, 0.05) is 28.8 Å². The smallest absolute Gasteiger partial charge is 0.322 e. The van der Waals surface area contributed by atoms with Crippen LogP contribution in [-0.2, 0) is 6.42 Å². The van der Waals surface area contributed by atoms with E-state index in [2.05, 4.69) is 53.6 Å². The van der Waals surface area contributed by atoms with Crippen LogP contribution in [0.1, 0.15) is 34.0 Å². The largest absolute Gasteiger partial charge is 0.497 e. The third kappa shape index (κ3) is 3.60. The second-order valence-corrected chi connectivity index (χ2v) is 8.48. The second kappa shape index (κ2) is 8.08. The fourth-order valence-electron chi connectivity index (χ4n) is 4.63. The summed E-state index contributed by atoms with van der Waals surface area (Å²) in [6.07, 6.45) is 0.784. The fourth-order valence-corrected chi connectivity index (χ4v) is 4.63. The summed E-state index contributed by atoms with van der Waals surface area (Å²) < 4.78 is 5.45. The number of aromatic amines is 1. The summed E-state index contributed by atoms with van der Waals surface area (Å²) >= 11 is 0. The van der Waals surface area contributed by atoms with Crippen LogP contribution in [0, 0.1) is 13.8 Å². The van der Waals surface area contributed by atoms with Crippen LogP contribution in [0.5, 0.6) is 5.75 Å². The Morgan fingerprint density at radius 3 is 2.59 bits per heavy atom. The number of benzene rings is 3. The second-order valence-electron chi connectivity index (χ2n) is 8.48. The van der Waals surface area contributed by atoms with E-state index in [1.807, 2.05) is 42.2 Å². The number of H-pyrrole nitrogens is 1. The topological polar surface area (TPSA) is 57.4 Å². The molecule has 0 spiro atoms. The Balaban J connectivity index is 1.58. The van der Waals surface area contributed by atoms with Crippen LogP contribution in [0.25, 0.3) is 10.9 Å². The van der Waals surface area contributed by atoms with Gasteiger partial charge in [-0.3, -0.25) is 0 Å². The number of aryl methyl sites for hydroxylation is 2. The van der Waals surface area contributed by atoms with Crippen molar-refractivity contribution in [3.05, 3.63) is 94.7 Å². The van der Waals surface area contributed by atoms with Crippen molar-refractivity contribution in [1.82, 2.24) is 9.88 Å². The molecule has 162 valence electrons. The van der Waals surface area contributed by atoms with Crippen molar-refractivity contribution in [2.75, 3.05) is 19.0 Å². The third-order valence-electron chi connectivity index (χ3n) is 6.26. The Kier molecular flexibility index (Phi) is 5.10. The Hall–Kier alpha value is -3.73. The molecule has 4 aromatic rings. The number of urea groups is 1. The van der Waals surface area contributed by atoms with Gasteiger partial charge >= 0.3 is 6.03 Å². The highest BCUT2D eigenvalue weighted by Crippen LogP contribution is 2.39. The summed E-state index contributed by atoms with van der Waals surface area (Å²) in [7, 11) is 1.69. The van der Waals surface area contributed by atoms with Crippen molar-refractivity contribution < 1.29 is 9.53 Å². The molecule has 1 aliphatic heterocycles. The molecule has 1 aromatic heterocycles. The molecular formula is C27H27N3O2. The van der Waals surface area contributed by atoms with Gasteiger partial charge in [-0.1, -0.05) is 42.0 Å². The lowest BCUT2D eigenvalue weighted by Crippen LogP contribution is -2.43. The molecule has 5 heteroatoms. The maximum absolute atomic E-state index is 13.4. The summed E-state index contributed by atoms with van der Waals surface area (Å²) in [6.45, 7) is 4.73. The summed E-state index contributed by atoms with van der Waals surface area (Å²) in [6, 6.07) is 22.2. The minimum atomic E-state index is -0.192. The number of ether oxygens (including phenoxy) is 1. The van der Waals surface area contributed by atoms with Gasteiger partial charge in [-0.05, 0) is 67.3 Å². The quantitative estimate of drug-likeness (QED) is 0.425. The molecule has 1 aliphatic rings. The molecule has 0 bridgehead atoms. The number of amides is 2. The average molecular weight is 426 g/mol. The van der Waals surface area contributed by atoms with Crippen molar-refractivity contribution in [3.8, 4) is 5.75 Å². The number of fused-ring (bicyclic) bond motifs is 3. The highest BCUT2D eigenvalue weighted by Gasteiger charge is 2.34. The zero-order valence-electron chi connectivity index (χ0n) is 18.6. The SMILES string of the molecule is COc1ccc2[nH]c3c(c2c1)CCN(C(=O)Nc1cccc(C)c1)[C@@H]3c1ccc(C)cc1. The molecule has 2 amide bonds. The van der Waals surface area contributed by atoms with Gasteiger partial charge in [0.25, 0.3) is 0 Å². The van der Waals surface area contributed by atoms with Gasteiger partial charge in [-0.15, -0.1) is 0 Å². The Labute approximate surface area is 188 Å². The number of methoxy groups -OCH3 is 1. The van der Waals surface area contributed by atoms with E-state index in [1.165, 1.54) is 11.1 Å². The molecule has 5 rings (SSSR count). The number of carbonyl (C=O) groups is 1. The number of hydrogen-bond donors (Lipinski definition) is 2. The first-order valence-corrected chi connectivity index (χ1v) is 10.9. The van der Waals surface area contributed by atoms with Crippen LogP contribution in [0.2, 0.25) is 0 Å². The molecule has 0 aliphatic carbocycles. The predicted molar refractivity (Wildman–Crippen MR) is 128 cm³/mol. The first-order chi connectivity index (χ1) is 15.5. The number of nitrogens with one attached hydrogen (secondary N) is 2. The molecule has 2 N–H and O–H groups in total. The normalized spacial score (nSPS) is 15.5. The molecular weight excluding hydrogens is 398 g/mol. The highest BCUT2D eigenvalue weighted by atomic mass is 16.5. The molecule has 3 aromatic carbocycles. The van der Waals surface area contributed by atoms with Crippen LogP contribution in [0.4, 0.5) is 10.5 Å². The third-order valence-corrected chi connectivity index (χ3v) is 6.26. The first-order valence-electron chi connectivity index (χ1n) is 10.9. The van der Waals surface area contributed by atoms with E-state index < -0.39 is 0 Å². The van der Waals surface area contributed by atoms with Gasteiger partial charge in [0.05, 0.1) is 13.2 Å². The number of carbonyl (C=O) groups excluding carboxylic acids is 1. The summed E-state index contributed by atoms with van der Waals surface area (Å²) in [5.41, 5.74) is 7.60. The summed E-state index contributed by atoms with van der Waals surface area (Å²) in [4.78, 5) is 19.0. The van der Waals surface area contributed by atoms with E-state index in [0.717, 1.165) is 45.6 Å². The van der Waals surface area contributed by atoms with Crippen molar-refractivity contribution in [2.45, 2.75) is 26.3 Å². The van der Waals surface area contributed by atoms with E-state index in [4.69, 9.17) is 4.74 Å². The van der Waals surface area contributed by atoms with E-state index in [9.17, 15) is 4.79 Å². The molecule has 0 fully saturated rings. The summed E-state index contributed by atoms with van der Waals surface area (Å²) in [5, 5.41) is 4.26. The lowest BCUT2D eigenvalue weighted by atomic mass is 9.92. The molecule has 0 radical (unpaired) electrons. The molecule has 32 heavy (non-hydrogen) atoms. The van der Waals surface area contributed by atoms with Crippen LogP contribution in [0.3, 0.4) is 0 Å². The maximum Gasteiger partial charge on any atom is 0.322 e. The van der Waals surface area contributed by atoms with E-state index >= 15 is 0 Å². The zero-order chi connectivity index (χ0) is 22.2. The maximum atomic E-state index is 13.4. The fraction of sp³-hybridized carbons (Fsp3) is 0.222. The molecule has 0 saturated heterocycles. The number of aromatic nitrogens is 1. The van der Waals surface area contributed by atoms with E-state index in [-0.39, 0.29) is 12.1 Å². The van der Waals surface area contributed by atoms with Crippen molar-refractivity contribution in [2.24, 2.45) is 0 Å². The lowest BCUT2D eigenvalue weighted by Gasteiger charge is -2.36. The van der Waals surface area contributed by atoms with Crippen LogP contribution >= 0.6 is 0 Å². The minimum Gasteiger partial charge on any atom is -0.497 e. The average Bonchev–Trinajstić information content (AvgIpc) is 3.17. The van der Waals surface area contributed by atoms with Crippen molar-refractivity contribution >= 4 is 22.6 Å². The number of hydrogen-bond acceptors (Lipinski definition) is 2. The van der Waals surface area contributed by atoms with Crippen LogP contribution in [0.15, 0.2) is 66.7 Å². The molecule has 0 unspecified atom stereocenters. The number of anilines is 1. The minimum absolute atomic E-state index is 0.0944. The van der Waals surface area contributed by atoms with Crippen LogP contribution < -0.4 is 10.1 Å². The van der Waals surface area contributed by atoms with Gasteiger partial charge in [0.2, 0.25) is 0 Å². The Morgan fingerprint density at radius 2 is 1.84 bits per heavy atom. The standard InChI is InChI=1S/C27H27N3O2/c1-17-7-9-19(10-8-17)26-25-22(23-16-21(32-3)11-12-24(23)29-25)13-14-30(26)27(31)28-20-6-4-5-18(2)15-20/h4-12,15-16,26,29H,13-14H2,1-3H3,(H,28,31)/t26-/m1/s1. The van der Waals surface area contributed by atoms with Crippen molar-refractivity contribution in [3.63, 3.8) is 0 Å². The zero-order valence-corrected chi connectivity index (χ0v) is 18.6. The molecule has 1 atom stereocenters. The predicted octanol–water partition coefficient (Wildman–Crippen LogP) is 5.97. The first kappa shape index (κ1) is 20.2. The lowest BCUT2D eigenvalue weighted by molar-refractivity contribution is 0.193. The van der Waals surface area contributed by atoms with Gasteiger partial charge in [-0.2, -0.15) is 0 Å². The molecule has 5 nitrogen and oxygen atoms in total. The van der Waals surface area contributed by atoms with Gasteiger partial charge in [0.1, 0.15) is 5.75 Å². The van der Waals surface area contributed by atoms with Crippen molar-refractivity contribution in [1.29, 1.82) is 0 Å². The monoisotopic (exact) mass is 425 g/mol. The van der Waals surface area contributed by atoms with Gasteiger partial charge in [0.15, 0.2) is 0 Å². The van der Waals surface area contributed by atoms with E-state index in [0.29, 0.717) is 6.54 Å². The van der Waals surface area contributed by atoms with Gasteiger partial charge < -0.3 is 19.9 Å². The highest BCUT2D eigenvalue weighted by molar-refractivity contribution is 5.92. The number of nitrogens with zero attached hydrogens (tertiary/aromatic N) is 1. The Morgan fingerprint density at radius 1 is 1.03 bits per heavy atom. The number of rotatable bonds is 3. The Bertz CT molecular complexity index is 1290. The van der Waals surface area contributed by atoms with E-state index in [1.54, 1.807) is 7.11 Å².